The number of thiazole rings is 1. The highest BCUT2D eigenvalue weighted by molar-refractivity contribution is 7.11. The molecule has 0 bridgehead atoms. The van der Waals surface area contributed by atoms with Gasteiger partial charge in [0.05, 0.1) is 10.7 Å². The van der Waals surface area contributed by atoms with E-state index in [0.29, 0.717) is 6.42 Å². The van der Waals surface area contributed by atoms with Crippen LogP contribution < -0.4 is 5.73 Å². The maximum absolute atomic E-state index is 13.5. The van der Waals surface area contributed by atoms with E-state index in [1.807, 2.05) is 13.8 Å². The molecule has 2 rings (SSSR count). The van der Waals surface area contributed by atoms with Crippen molar-refractivity contribution in [2.24, 2.45) is 5.73 Å². The van der Waals surface area contributed by atoms with Gasteiger partial charge in [-0.3, -0.25) is 0 Å². The lowest BCUT2D eigenvalue weighted by molar-refractivity contribution is 0.533. The lowest BCUT2D eigenvalue weighted by Gasteiger charge is -2.11. The molecular formula is C14H16F2N2S. The van der Waals surface area contributed by atoms with Crippen molar-refractivity contribution in [2.75, 3.05) is 0 Å². The fourth-order valence-corrected chi connectivity index (χ4v) is 2.94. The normalized spacial score (nSPS) is 12.7. The Morgan fingerprint density at radius 1 is 1.21 bits per heavy atom. The molecule has 0 saturated carbocycles. The molecule has 1 aromatic carbocycles. The number of nitrogens with zero attached hydrogens (tertiary/aromatic N) is 1. The molecule has 5 heteroatoms. The largest absolute Gasteiger partial charge is 0.327 e. The summed E-state index contributed by atoms with van der Waals surface area (Å²) < 4.78 is 27.0. The molecule has 0 aliphatic heterocycles. The minimum atomic E-state index is -0.540. The van der Waals surface area contributed by atoms with Crippen LogP contribution >= 0.6 is 11.3 Å². The third-order valence-corrected chi connectivity index (χ3v) is 4.13. The second-order valence-corrected chi connectivity index (χ2v) is 5.91. The van der Waals surface area contributed by atoms with Crippen LogP contribution in [0.3, 0.4) is 0 Å². The van der Waals surface area contributed by atoms with E-state index in [2.05, 4.69) is 4.98 Å². The van der Waals surface area contributed by atoms with E-state index in [1.54, 1.807) is 11.3 Å². The number of hydrogen-bond donors (Lipinski definition) is 1. The van der Waals surface area contributed by atoms with E-state index in [9.17, 15) is 8.78 Å². The molecule has 2 aromatic rings. The van der Waals surface area contributed by atoms with Gasteiger partial charge >= 0.3 is 0 Å². The molecule has 1 heterocycles. The first-order valence-corrected chi connectivity index (χ1v) is 6.90. The number of nitrogens with two attached hydrogens (primary N) is 1. The molecule has 2 N–H and O–H groups in total. The van der Waals surface area contributed by atoms with Gasteiger partial charge in [0, 0.05) is 22.9 Å². The zero-order valence-corrected chi connectivity index (χ0v) is 11.7. The Bertz CT molecular complexity index is 541. The molecule has 102 valence electrons. The molecule has 0 radical (unpaired) electrons. The number of hydrogen-bond acceptors (Lipinski definition) is 3. The molecule has 0 spiro atoms. The maximum Gasteiger partial charge on any atom is 0.129 e. The summed E-state index contributed by atoms with van der Waals surface area (Å²) in [5, 5.41) is 0.916. The van der Waals surface area contributed by atoms with Crippen molar-refractivity contribution < 1.29 is 8.78 Å². The fourth-order valence-electron chi connectivity index (χ4n) is 1.91. The molecule has 0 saturated heterocycles. The summed E-state index contributed by atoms with van der Waals surface area (Å²) in [5.74, 6) is -1.08. The summed E-state index contributed by atoms with van der Waals surface area (Å²) in [4.78, 5) is 5.54. The van der Waals surface area contributed by atoms with E-state index < -0.39 is 11.6 Å². The summed E-state index contributed by atoms with van der Waals surface area (Å²) >= 11 is 1.58. The molecule has 0 amide bonds. The third-order valence-electron chi connectivity index (χ3n) is 3.04. The topological polar surface area (TPSA) is 38.9 Å². The van der Waals surface area contributed by atoms with Crippen molar-refractivity contribution in [3.05, 3.63) is 51.0 Å². The minimum Gasteiger partial charge on any atom is -0.327 e. The zero-order chi connectivity index (χ0) is 14.0. The summed E-state index contributed by atoms with van der Waals surface area (Å²) in [6.07, 6.45) is 0.712. The number of aromatic nitrogens is 1. The number of halogens is 2. The van der Waals surface area contributed by atoms with E-state index in [-0.39, 0.29) is 18.0 Å². The van der Waals surface area contributed by atoms with Crippen LogP contribution in [0.4, 0.5) is 8.78 Å². The zero-order valence-electron chi connectivity index (χ0n) is 10.9. The average Bonchev–Trinajstić information content (AvgIpc) is 2.63. The van der Waals surface area contributed by atoms with Crippen LogP contribution in [0, 0.1) is 25.5 Å². The quantitative estimate of drug-likeness (QED) is 0.935. The Morgan fingerprint density at radius 2 is 1.84 bits per heavy atom. The highest BCUT2D eigenvalue weighted by Gasteiger charge is 2.15. The van der Waals surface area contributed by atoms with Crippen molar-refractivity contribution in [1.29, 1.82) is 0 Å². The summed E-state index contributed by atoms with van der Waals surface area (Å²) in [6, 6.07) is 3.52. The van der Waals surface area contributed by atoms with Gasteiger partial charge in [-0.2, -0.15) is 0 Å². The van der Waals surface area contributed by atoms with Crippen LogP contribution in [0.5, 0.6) is 0 Å². The second-order valence-electron chi connectivity index (χ2n) is 4.62. The first-order valence-electron chi connectivity index (χ1n) is 6.08. The Balaban J connectivity index is 2.07. The van der Waals surface area contributed by atoms with Crippen molar-refractivity contribution in [1.82, 2.24) is 4.98 Å². The van der Waals surface area contributed by atoms with Crippen LogP contribution in [-0.2, 0) is 12.8 Å². The molecule has 1 atom stereocenters. The average molecular weight is 282 g/mol. The lowest BCUT2D eigenvalue weighted by Crippen LogP contribution is -2.26. The predicted molar refractivity (Wildman–Crippen MR) is 73.3 cm³/mol. The maximum atomic E-state index is 13.5. The second kappa shape index (κ2) is 5.75. The molecule has 1 unspecified atom stereocenters. The van der Waals surface area contributed by atoms with Crippen molar-refractivity contribution in [2.45, 2.75) is 32.7 Å². The monoisotopic (exact) mass is 282 g/mol. The van der Waals surface area contributed by atoms with Gasteiger partial charge in [0.1, 0.15) is 11.6 Å². The van der Waals surface area contributed by atoms with Crippen molar-refractivity contribution in [3.8, 4) is 0 Å². The van der Waals surface area contributed by atoms with Crippen molar-refractivity contribution in [3.63, 3.8) is 0 Å². The van der Waals surface area contributed by atoms with Crippen molar-refractivity contribution >= 4 is 11.3 Å². The smallest absolute Gasteiger partial charge is 0.129 e. The van der Waals surface area contributed by atoms with Gasteiger partial charge in [0.15, 0.2) is 0 Å². The molecule has 1 aromatic heterocycles. The van der Waals surface area contributed by atoms with E-state index >= 15 is 0 Å². The van der Waals surface area contributed by atoms with Gasteiger partial charge in [-0.15, -0.1) is 11.3 Å². The van der Waals surface area contributed by atoms with Gasteiger partial charge in [0.2, 0.25) is 0 Å². The molecule has 19 heavy (non-hydrogen) atoms. The third kappa shape index (κ3) is 3.36. The molecular weight excluding hydrogens is 266 g/mol. The highest BCUT2D eigenvalue weighted by Crippen LogP contribution is 2.19. The Labute approximate surface area is 115 Å². The summed E-state index contributed by atoms with van der Waals surface area (Å²) in [5.41, 5.74) is 7.01. The summed E-state index contributed by atoms with van der Waals surface area (Å²) in [7, 11) is 0. The highest BCUT2D eigenvalue weighted by atomic mass is 32.1. The van der Waals surface area contributed by atoms with Gasteiger partial charge in [-0.1, -0.05) is 6.07 Å². The first kappa shape index (κ1) is 14.1. The van der Waals surface area contributed by atoms with Gasteiger partial charge in [0.25, 0.3) is 0 Å². The van der Waals surface area contributed by atoms with Crippen LogP contribution in [0.2, 0.25) is 0 Å². The molecule has 0 aliphatic rings. The number of rotatable bonds is 4. The minimum absolute atomic E-state index is 0.0556. The van der Waals surface area contributed by atoms with Crippen LogP contribution in [-0.4, -0.2) is 11.0 Å². The first-order chi connectivity index (χ1) is 8.97. The number of aryl methyl sites for hydroxylation is 2. The Hall–Kier alpha value is -1.33. The van der Waals surface area contributed by atoms with Gasteiger partial charge in [-0.05, 0) is 32.4 Å². The standard InChI is InChI=1S/C14H16F2N2S/c1-8-9(2)19-14(18-8)7-10(17)6-11-12(15)4-3-5-13(11)16/h3-5,10H,6-7,17H2,1-2H3. The lowest BCUT2D eigenvalue weighted by atomic mass is 10.0. The van der Waals surface area contributed by atoms with Crippen LogP contribution in [0.1, 0.15) is 21.1 Å². The SMILES string of the molecule is Cc1nc(CC(N)Cc2c(F)cccc2F)sc1C. The van der Waals surface area contributed by atoms with Gasteiger partial charge in [-0.25, -0.2) is 13.8 Å². The van der Waals surface area contributed by atoms with Crippen LogP contribution in [0.25, 0.3) is 0 Å². The molecule has 0 aliphatic carbocycles. The summed E-state index contributed by atoms with van der Waals surface area (Å²) in [6.45, 7) is 3.94. The van der Waals surface area contributed by atoms with Gasteiger partial charge < -0.3 is 5.73 Å². The van der Waals surface area contributed by atoms with E-state index in [4.69, 9.17) is 5.73 Å². The fraction of sp³-hybridized carbons (Fsp3) is 0.357. The number of benzene rings is 1. The van der Waals surface area contributed by atoms with E-state index in [1.165, 1.54) is 18.2 Å². The van der Waals surface area contributed by atoms with E-state index in [0.717, 1.165) is 15.6 Å². The Morgan fingerprint density at radius 3 is 2.37 bits per heavy atom. The Kier molecular flexibility index (Phi) is 4.27. The predicted octanol–water partition coefficient (Wildman–Crippen LogP) is 3.15. The molecule has 0 fully saturated rings. The van der Waals surface area contributed by atoms with Crippen LogP contribution in [0.15, 0.2) is 18.2 Å². The molecule has 2 nitrogen and oxygen atoms in total.